The van der Waals surface area contributed by atoms with E-state index in [1.165, 1.54) is 11.1 Å². The fraction of sp³-hybridized carbons (Fsp3) is 0.435. The highest BCUT2D eigenvalue weighted by Gasteiger charge is 2.09. The minimum atomic E-state index is 0. The molecule has 0 bridgehead atoms. The molecule has 2 aromatic carbocycles. The maximum absolute atomic E-state index is 12.2. The number of halogens is 1. The van der Waals surface area contributed by atoms with Gasteiger partial charge in [-0.2, -0.15) is 0 Å². The Morgan fingerprint density at radius 1 is 1.14 bits per heavy atom. The number of ether oxygens (including phenoxy) is 1. The lowest BCUT2D eigenvalue weighted by Gasteiger charge is -2.27. The summed E-state index contributed by atoms with van der Waals surface area (Å²) >= 11 is 0. The Morgan fingerprint density at radius 2 is 1.93 bits per heavy atom. The standard InChI is InChI=1S/C23H31N3O2.ClH/c1-19-6-2-3-8-21(19)18-28-22-9-4-7-20(16-22)17-23(27)25-10-5-13-26-14-11-24-12-15-26;/h2-4,6-9,16,24H,5,10-15,17-18H2,1H3,(H,25,27);1H. The average Bonchev–Trinajstić information content (AvgIpc) is 2.72. The highest BCUT2D eigenvalue weighted by atomic mass is 35.5. The SMILES string of the molecule is Cc1ccccc1COc1cccc(CC(=O)NCCCN2CCNCC2)c1.Cl. The lowest BCUT2D eigenvalue weighted by atomic mass is 10.1. The van der Waals surface area contributed by atoms with Crippen molar-refractivity contribution in [2.45, 2.75) is 26.4 Å². The summed E-state index contributed by atoms with van der Waals surface area (Å²) in [6.45, 7) is 8.72. The van der Waals surface area contributed by atoms with Crippen LogP contribution in [0.3, 0.4) is 0 Å². The van der Waals surface area contributed by atoms with Gasteiger partial charge in [-0.3, -0.25) is 4.79 Å². The molecule has 0 aliphatic carbocycles. The molecular weight excluding hydrogens is 386 g/mol. The normalized spacial score (nSPS) is 14.1. The molecular formula is C23H32ClN3O2. The van der Waals surface area contributed by atoms with Crippen LogP contribution in [0.1, 0.15) is 23.1 Å². The minimum absolute atomic E-state index is 0. The van der Waals surface area contributed by atoms with Gasteiger partial charge in [-0.05, 0) is 48.7 Å². The quantitative estimate of drug-likeness (QED) is 0.616. The predicted octanol–water partition coefficient (Wildman–Crippen LogP) is 2.95. The number of hydrogen-bond acceptors (Lipinski definition) is 4. The van der Waals surface area contributed by atoms with Gasteiger partial charge >= 0.3 is 0 Å². The van der Waals surface area contributed by atoms with Crippen molar-refractivity contribution < 1.29 is 9.53 Å². The van der Waals surface area contributed by atoms with E-state index in [2.05, 4.69) is 34.6 Å². The third-order valence-corrected chi connectivity index (χ3v) is 5.10. The summed E-state index contributed by atoms with van der Waals surface area (Å²) in [6.07, 6.45) is 1.38. The Kier molecular flexibility index (Phi) is 9.98. The van der Waals surface area contributed by atoms with Crippen molar-refractivity contribution in [3.63, 3.8) is 0 Å². The third kappa shape index (κ3) is 8.05. The second kappa shape index (κ2) is 12.5. The minimum Gasteiger partial charge on any atom is -0.489 e. The first-order valence-electron chi connectivity index (χ1n) is 10.2. The molecule has 6 heteroatoms. The van der Waals surface area contributed by atoms with Crippen molar-refractivity contribution in [3.8, 4) is 5.75 Å². The van der Waals surface area contributed by atoms with E-state index < -0.39 is 0 Å². The number of nitrogens with zero attached hydrogens (tertiary/aromatic N) is 1. The van der Waals surface area contributed by atoms with E-state index >= 15 is 0 Å². The van der Waals surface area contributed by atoms with Crippen molar-refractivity contribution in [3.05, 3.63) is 65.2 Å². The predicted molar refractivity (Wildman–Crippen MR) is 120 cm³/mol. The fourth-order valence-corrected chi connectivity index (χ4v) is 3.39. The van der Waals surface area contributed by atoms with E-state index in [0.717, 1.165) is 57.0 Å². The topological polar surface area (TPSA) is 53.6 Å². The molecule has 1 aliphatic heterocycles. The molecule has 29 heavy (non-hydrogen) atoms. The van der Waals surface area contributed by atoms with Crippen LogP contribution in [-0.2, 0) is 17.8 Å². The zero-order chi connectivity index (χ0) is 19.6. The number of amides is 1. The van der Waals surface area contributed by atoms with Crippen molar-refractivity contribution in [2.75, 3.05) is 39.3 Å². The Hall–Kier alpha value is -2.08. The summed E-state index contributed by atoms with van der Waals surface area (Å²) in [5.41, 5.74) is 3.37. The second-order valence-corrected chi connectivity index (χ2v) is 7.33. The number of aryl methyl sites for hydroxylation is 1. The average molecular weight is 418 g/mol. The number of benzene rings is 2. The molecule has 0 atom stereocenters. The van der Waals surface area contributed by atoms with Crippen LogP contribution in [0.2, 0.25) is 0 Å². The Labute approximate surface area is 180 Å². The molecule has 1 aliphatic rings. The molecule has 0 aromatic heterocycles. The smallest absolute Gasteiger partial charge is 0.224 e. The van der Waals surface area contributed by atoms with Crippen LogP contribution in [0.25, 0.3) is 0 Å². The summed E-state index contributed by atoms with van der Waals surface area (Å²) in [5, 5.41) is 6.39. The summed E-state index contributed by atoms with van der Waals surface area (Å²) in [6, 6.07) is 16.0. The van der Waals surface area contributed by atoms with Gasteiger partial charge in [0.05, 0.1) is 6.42 Å². The van der Waals surface area contributed by atoms with Gasteiger partial charge in [0.25, 0.3) is 0 Å². The Bertz CT molecular complexity index is 763. The first kappa shape index (κ1) is 23.2. The van der Waals surface area contributed by atoms with Crippen LogP contribution in [0.15, 0.2) is 48.5 Å². The number of carbonyl (C=O) groups excluding carboxylic acids is 1. The Balaban J connectivity index is 0.00000300. The van der Waals surface area contributed by atoms with Gasteiger partial charge in [-0.15, -0.1) is 12.4 Å². The van der Waals surface area contributed by atoms with Gasteiger partial charge in [0.2, 0.25) is 5.91 Å². The van der Waals surface area contributed by atoms with Gasteiger partial charge in [-0.25, -0.2) is 0 Å². The third-order valence-electron chi connectivity index (χ3n) is 5.10. The van der Waals surface area contributed by atoms with Crippen molar-refractivity contribution in [1.82, 2.24) is 15.5 Å². The summed E-state index contributed by atoms with van der Waals surface area (Å²) in [7, 11) is 0. The highest BCUT2D eigenvalue weighted by Crippen LogP contribution is 2.17. The molecule has 2 N–H and O–H groups in total. The number of piperazine rings is 1. The van der Waals surface area contributed by atoms with Crippen LogP contribution in [-0.4, -0.2) is 50.1 Å². The summed E-state index contributed by atoms with van der Waals surface area (Å²) in [5.74, 6) is 0.864. The van der Waals surface area contributed by atoms with E-state index in [1.54, 1.807) is 0 Å². The van der Waals surface area contributed by atoms with E-state index in [1.807, 2.05) is 36.4 Å². The highest BCUT2D eigenvalue weighted by molar-refractivity contribution is 5.85. The van der Waals surface area contributed by atoms with Gasteiger partial charge in [0.1, 0.15) is 12.4 Å². The molecule has 0 unspecified atom stereocenters. The van der Waals surface area contributed by atoms with E-state index in [9.17, 15) is 4.79 Å². The van der Waals surface area contributed by atoms with E-state index in [0.29, 0.717) is 13.0 Å². The monoisotopic (exact) mass is 417 g/mol. The number of carbonyl (C=O) groups is 1. The van der Waals surface area contributed by atoms with Crippen LogP contribution in [0, 0.1) is 6.92 Å². The van der Waals surface area contributed by atoms with Crippen molar-refractivity contribution in [1.29, 1.82) is 0 Å². The van der Waals surface area contributed by atoms with Crippen LogP contribution >= 0.6 is 12.4 Å². The molecule has 2 aromatic rings. The molecule has 158 valence electrons. The molecule has 0 spiro atoms. The number of nitrogens with one attached hydrogen (secondary N) is 2. The molecule has 1 heterocycles. The number of hydrogen-bond donors (Lipinski definition) is 2. The molecule has 1 saturated heterocycles. The van der Waals surface area contributed by atoms with Gasteiger partial charge in [-0.1, -0.05) is 36.4 Å². The zero-order valence-corrected chi connectivity index (χ0v) is 18.0. The van der Waals surface area contributed by atoms with Crippen LogP contribution < -0.4 is 15.4 Å². The maximum Gasteiger partial charge on any atom is 0.224 e. The molecule has 1 fully saturated rings. The number of rotatable bonds is 9. The summed E-state index contributed by atoms with van der Waals surface area (Å²) in [4.78, 5) is 14.7. The van der Waals surface area contributed by atoms with Crippen molar-refractivity contribution >= 4 is 18.3 Å². The van der Waals surface area contributed by atoms with Gasteiger partial charge in [0.15, 0.2) is 0 Å². The molecule has 0 radical (unpaired) electrons. The summed E-state index contributed by atoms with van der Waals surface area (Å²) < 4.78 is 5.92. The zero-order valence-electron chi connectivity index (χ0n) is 17.2. The first-order chi connectivity index (χ1) is 13.7. The van der Waals surface area contributed by atoms with Crippen molar-refractivity contribution in [2.24, 2.45) is 0 Å². The lowest BCUT2D eigenvalue weighted by molar-refractivity contribution is -0.120. The molecule has 5 nitrogen and oxygen atoms in total. The van der Waals surface area contributed by atoms with E-state index in [-0.39, 0.29) is 18.3 Å². The van der Waals surface area contributed by atoms with Gasteiger partial charge in [0, 0.05) is 32.7 Å². The first-order valence-corrected chi connectivity index (χ1v) is 10.2. The molecule has 1 amide bonds. The maximum atomic E-state index is 12.2. The van der Waals surface area contributed by atoms with Crippen LogP contribution in [0.4, 0.5) is 0 Å². The van der Waals surface area contributed by atoms with Crippen LogP contribution in [0.5, 0.6) is 5.75 Å². The Morgan fingerprint density at radius 3 is 2.72 bits per heavy atom. The second-order valence-electron chi connectivity index (χ2n) is 7.33. The van der Waals surface area contributed by atoms with E-state index in [4.69, 9.17) is 4.74 Å². The van der Waals surface area contributed by atoms with Gasteiger partial charge < -0.3 is 20.3 Å². The largest absolute Gasteiger partial charge is 0.489 e. The lowest BCUT2D eigenvalue weighted by Crippen LogP contribution is -2.44. The molecule has 0 saturated carbocycles. The fourth-order valence-electron chi connectivity index (χ4n) is 3.39. The molecule has 3 rings (SSSR count).